The van der Waals surface area contributed by atoms with E-state index in [1.54, 1.807) is 73.2 Å². The van der Waals surface area contributed by atoms with E-state index in [1.807, 2.05) is 0 Å². The molecule has 3 heterocycles. The quantitative estimate of drug-likeness (QED) is 0.433. The topological polar surface area (TPSA) is 96.8 Å². The molecule has 0 saturated carbocycles. The first-order valence-corrected chi connectivity index (χ1v) is 10.9. The van der Waals surface area contributed by atoms with Gasteiger partial charge < -0.3 is 9.84 Å². The number of hydrogen-bond donors (Lipinski definition) is 1. The van der Waals surface area contributed by atoms with Crippen molar-refractivity contribution in [1.29, 1.82) is 0 Å². The zero-order valence-corrected chi connectivity index (χ0v) is 18.0. The molecule has 0 bridgehead atoms. The molecule has 32 heavy (non-hydrogen) atoms. The zero-order valence-electron chi connectivity index (χ0n) is 17.2. The minimum atomic E-state index is -0.809. The van der Waals surface area contributed by atoms with E-state index >= 15 is 0 Å². The number of carbonyl (C=O) groups excluding carboxylic acids is 3. The standard InChI is InChI=1S/C24H20N2O5S/c1-2-31-19(27)14-15-5-7-17(8-6-15)26-21(16-9-11-25-12-10-16)20(23(29)24(26)30)22(28)18-4-3-13-32-18/h3-13,21,29H,2,14H2,1H3. The molecule has 1 aliphatic heterocycles. The molecule has 0 fully saturated rings. The van der Waals surface area contributed by atoms with E-state index in [1.165, 1.54) is 16.2 Å². The van der Waals surface area contributed by atoms with Gasteiger partial charge in [-0.15, -0.1) is 11.3 Å². The third-order valence-electron chi connectivity index (χ3n) is 5.09. The molecule has 8 heteroatoms. The normalized spacial score (nSPS) is 15.8. The molecule has 0 spiro atoms. The van der Waals surface area contributed by atoms with Crippen LogP contribution in [0.5, 0.6) is 0 Å². The van der Waals surface area contributed by atoms with Gasteiger partial charge in [0.2, 0.25) is 5.78 Å². The number of thiophene rings is 1. The molecule has 1 aromatic carbocycles. The molecule has 1 atom stereocenters. The van der Waals surface area contributed by atoms with Gasteiger partial charge in [-0.1, -0.05) is 18.2 Å². The fraction of sp³-hybridized carbons (Fsp3) is 0.167. The highest BCUT2D eigenvalue weighted by atomic mass is 32.1. The second kappa shape index (κ2) is 9.15. The Labute approximate surface area is 188 Å². The van der Waals surface area contributed by atoms with Crippen LogP contribution in [0.25, 0.3) is 0 Å². The van der Waals surface area contributed by atoms with Crippen LogP contribution in [0, 0.1) is 0 Å². The lowest BCUT2D eigenvalue weighted by atomic mass is 9.96. The number of rotatable bonds is 7. The Bertz CT molecular complexity index is 1170. The summed E-state index contributed by atoms with van der Waals surface area (Å²) in [5.41, 5.74) is 1.89. The second-order valence-electron chi connectivity index (χ2n) is 7.08. The number of aliphatic hydroxyl groups is 1. The number of nitrogens with zero attached hydrogens (tertiary/aromatic N) is 2. The fourth-order valence-corrected chi connectivity index (χ4v) is 4.34. The van der Waals surface area contributed by atoms with E-state index in [4.69, 9.17) is 4.74 Å². The number of aliphatic hydroxyl groups excluding tert-OH is 1. The van der Waals surface area contributed by atoms with Crippen LogP contribution in [0.2, 0.25) is 0 Å². The van der Waals surface area contributed by atoms with Crippen molar-refractivity contribution in [2.75, 3.05) is 11.5 Å². The molecule has 2 aromatic heterocycles. The number of aromatic nitrogens is 1. The van der Waals surface area contributed by atoms with E-state index in [2.05, 4.69) is 4.98 Å². The molecule has 1 unspecified atom stereocenters. The van der Waals surface area contributed by atoms with Crippen molar-refractivity contribution in [2.45, 2.75) is 19.4 Å². The summed E-state index contributed by atoms with van der Waals surface area (Å²) >= 11 is 1.25. The highest BCUT2D eigenvalue weighted by molar-refractivity contribution is 7.12. The van der Waals surface area contributed by atoms with E-state index in [0.717, 1.165) is 5.56 Å². The summed E-state index contributed by atoms with van der Waals surface area (Å²) in [6, 6.07) is 12.8. The summed E-state index contributed by atoms with van der Waals surface area (Å²) in [6.07, 6.45) is 3.26. The van der Waals surface area contributed by atoms with Gasteiger partial charge in [-0.25, -0.2) is 0 Å². The Morgan fingerprint density at radius 1 is 1.12 bits per heavy atom. The van der Waals surface area contributed by atoms with Gasteiger partial charge in [0.05, 0.1) is 29.5 Å². The van der Waals surface area contributed by atoms with E-state index < -0.39 is 23.5 Å². The van der Waals surface area contributed by atoms with Crippen LogP contribution in [-0.2, 0) is 20.7 Å². The molecule has 1 N–H and O–H groups in total. The molecule has 1 aliphatic rings. The highest BCUT2D eigenvalue weighted by Gasteiger charge is 2.44. The van der Waals surface area contributed by atoms with Gasteiger partial charge in [0, 0.05) is 18.1 Å². The lowest BCUT2D eigenvalue weighted by Crippen LogP contribution is -2.31. The van der Waals surface area contributed by atoms with Crippen molar-refractivity contribution in [3.63, 3.8) is 0 Å². The van der Waals surface area contributed by atoms with Gasteiger partial charge in [-0.3, -0.25) is 24.3 Å². The molecule has 0 radical (unpaired) electrons. The lowest BCUT2D eigenvalue weighted by Gasteiger charge is -2.27. The molecule has 3 aromatic rings. The fourth-order valence-electron chi connectivity index (χ4n) is 3.66. The number of amides is 1. The molecular formula is C24H20N2O5S. The Balaban J connectivity index is 1.72. The first-order chi connectivity index (χ1) is 15.5. The zero-order chi connectivity index (χ0) is 22.7. The monoisotopic (exact) mass is 448 g/mol. The van der Waals surface area contributed by atoms with Gasteiger partial charge in [0.15, 0.2) is 5.76 Å². The van der Waals surface area contributed by atoms with Crippen molar-refractivity contribution in [1.82, 2.24) is 4.98 Å². The number of ketones is 1. The SMILES string of the molecule is CCOC(=O)Cc1ccc(N2C(=O)C(O)=C(C(=O)c3cccs3)C2c2ccncc2)cc1. The van der Waals surface area contributed by atoms with E-state index in [9.17, 15) is 19.5 Å². The Morgan fingerprint density at radius 3 is 2.47 bits per heavy atom. The van der Waals surface area contributed by atoms with Crippen molar-refractivity contribution in [3.05, 3.63) is 93.6 Å². The van der Waals surface area contributed by atoms with Gasteiger partial charge >= 0.3 is 5.97 Å². The highest BCUT2D eigenvalue weighted by Crippen LogP contribution is 2.42. The van der Waals surface area contributed by atoms with Gasteiger partial charge in [-0.2, -0.15) is 0 Å². The molecule has 0 aliphatic carbocycles. The third-order valence-corrected chi connectivity index (χ3v) is 5.96. The van der Waals surface area contributed by atoms with Crippen molar-refractivity contribution < 1.29 is 24.2 Å². The molecule has 162 valence electrons. The Kier molecular flexibility index (Phi) is 6.13. The predicted octanol–water partition coefficient (Wildman–Crippen LogP) is 4.03. The Morgan fingerprint density at radius 2 is 1.84 bits per heavy atom. The molecular weight excluding hydrogens is 428 g/mol. The number of benzene rings is 1. The summed E-state index contributed by atoms with van der Waals surface area (Å²) < 4.78 is 4.97. The summed E-state index contributed by atoms with van der Waals surface area (Å²) in [4.78, 5) is 43.9. The number of pyridine rings is 1. The maximum atomic E-state index is 13.2. The van der Waals surface area contributed by atoms with Gasteiger partial charge in [0.25, 0.3) is 5.91 Å². The van der Waals surface area contributed by atoms with Crippen LogP contribution >= 0.6 is 11.3 Å². The maximum Gasteiger partial charge on any atom is 0.310 e. The number of ether oxygens (including phenoxy) is 1. The maximum absolute atomic E-state index is 13.2. The molecule has 0 saturated heterocycles. The van der Waals surface area contributed by atoms with Crippen molar-refractivity contribution in [2.24, 2.45) is 0 Å². The van der Waals surface area contributed by atoms with Crippen LogP contribution < -0.4 is 4.90 Å². The number of anilines is 1. The average molecular weight is 449 g/mol. The van der Waals surface area contributed by atoms with Crippen LogP contribution in [-0.4, -0.2) is 34.4 Å². The average Bonchev–Trinajstić information content (AvgIpc) is 3.42. The second-order valence-corrected chi connectivity index (χ2v) is 8.02. The van der Waals surface area contributed by atoms with Gasteiger partial charge in [0.1, 0.15) is 0 Å². The summed E-state index contributed by atoms with van der Waals surface area (Å²) in [5, 5.41) is 12.5. The minimum Gasteiger partial charge on any atom is -0.503 e. The number of esters is 1. The number of hydrogen-bond acceptors (Lipinski definition) is 7. The Hall–Kier alpha value is -3.78. The number of carbonyl (C=O) groups is 3. The number of Topliss-reactive ketones (excluding diaryl/α,β-unsaturated/α-hetero) is 1. The summed E-state index contributed by atoms with van der Waals surface area (Å²) in [6.45, 7) is 2.05. The lowest BCUT2D eigenvalue weighted by molar-refractivity contribution is -0.142. The van der Waals surface area contributed by atoms with E-state index in [0.29, 0.717) is 22.7 Å². The summed E-state index contributed by atoms with van der Waals surface area (Å²) in [7, 11) is 0. The smallest absolute Gasteiger partial charge is 0.310 e. The largest absolute Gasteiger partial charge is 0.503 e. The molecule has 7 nitrogen and oxygen atoms in total. The molecule has 4 rings (SSSR count). The van der Waals surface area contributed by atoms with Crippen LogP contribution in [0.4, 0.5) is 5.69 Å². The third kappa shape index (κ3) is 4.04. The van der Waals surface area contributed by atoms with Crippen LogP contribution in [0.3, 0.4) is 0 Å². The first kappa shape index (κ1) is 21.5. The first-order valence-electron chi connectivity index (χ1n) is 10.0. The van der Waals surface area contributed by atoms with Crippen molar-refractivity contribution >= 4 is 34.7 Å². The molecule has 1 amide bonds. The van der Waals surface area contributed by atoms with Crippen LogP contribution in [0.1, 0.15) is 33.8 Å². The van der Waals surface area contributed by atoms with Crippen LogP contribution in [0.15, 0.2) is 77.6 Å². The minimum absolute atomic E-state index is 0.0271. The summed E-state index contributed by atoms with van der Waals surface area (Å²) in [5.74, 6) is -1.96. The predicted molar refractivity (Wildman–Crippen MR) is 120 cm³/mol. The van der Waals surface area contributed by atoms with Gasteiger partial charge in [-0.05, 0) is 53.8 Å². The van der Waals surface area contributed by atoms with Crippen molar-refractivity contribution in [3.8, 4) is 0 Å². The van der Waals surface area contributed by atoms with E-state index in [-0.39, 0.29) is 18.0 Å².